The van der Waals surface area contributed by atoms with Crippen LogP contribution < -0.4 is 5.73 Å². The quantitative estimate of drug-likeness (QED) is 0.795. The van der Waals surface area contributed by atoms with Gasteiger partial charge in [0.1, 0.15) is 0 Å². The van der Waals surface area contributed by atoms with Gasteiger partial charge < -0.3 is 10.6 Å². The standard InChI is InChI=1S/C16H30N2O/c1-7-12-8-9-13(11-18(5)6)16(10-12,14(17)19)15(2,3)4/h7,12-13H,1,8-11H2,2-6H3,(H2,17,19). The molecule has 3 nitrogen and oxygen atoms in total. The molecule has 2 N–H and O–H groups in total. The predicted molar refractivity (Wildman–Crippen MR) is 80.7 cm³/mol. The molecule has 1 aliphatic rings. The first-order chi connectivity index (χ1) is 8.65. The Morgan fingerprint density at radius 3 is 2.37 bits per heavy atom. The molecule has 1 aliphatic carbocycles. The lowest BCUT2D eigenvalue weighted by atomic mass is 9.52. The van der Waals surface area contributed by atoms with Crippen molar-refractivity contribution in [1.82, 2.24) is 4.90 Å². The number of carbonyl (C=O) groups is 1. The highest BCUT2D eigenvalue weighted by molar-refractivity contribution is 5.82. The largest absolute Gasteiger partial charge is 0.369 e. The summed E-state index contributed by atoms with van der Waals surface area (Å²) in [4.78, 5) is 14.5. The molecule has 0 aromatic carbocycles. The van der Waals surface area contributed by atoms with E-state index in [9.17, 15) is 4.79 Å². The number of rotatable bonds is 4. The summed E-state index contributed by atoms with van der Waals surface area (Å²) in [6.45, 7) is 11.3. The average molecular weight is 266 g/mol. The molecular formula is C16H30N2O. The Hall–Kier alpha value is -0.830. The Labute approximate surface area is 118 Å². The number of hydrogen-bond acceptors (Lipinski definition) is 2. The second-order valence-corrected chi connectivity index (χ2v) is 7.32. The molecule has 19 heavy (non-hydrogen) atoms. The van der Waals surface area contributed by atoms with Crippen LogP contribution in [0.5, 0.6) is 0 Å². The normalized spacial score (nSPS) is 32.3. The van der Waals surface area contributed by atoms with Gasteiger partial charge in [-0.15, -0.1) is 6.58 Å². The lowest BCUT2D eigenvalue weighted by molar-refractivity contribution is -0.146. The molecule has 0 aromatic heterocycles. The number of nitrogens with zero attached hydrogens (tertiary/aromatic N) is 1. The highest BCUT2D eigenvalue weighted by atomic mass is 16.1. The number of nitrogens with two attached hydrogens (primary N) is 1. The van der Waals surface area contributed by atoms with Crippen molar-refractivity contribution in [3.05, 3.63) is 12.7 Å². The molecule has 3 atom stereocenters. The van der Waals surface area contributed by atoms with Gasteiger partial charge in [0, 0.05) is 6.54 Å². The van der Waals surface area contributed by atoms with Gasteiger partial charge in [-0.3, -0.25) is 4.79 Å². The van der Waals surface area contributed by atoms with Crippen molar-refractivity contribution in [3.8, 4) is 0 Å². The van der Waals surface area contributed by atoms with Crippen LogP contribution in [0.1, 0.15) is 40.0 Å². The van der Waals surface area contributed by atoms with Crippen LogP contribution in [0.2, 0.25) is 0 Å². The van der Waals surface area contributed by atoms with E-state index < -0.39 is 5.41 Å². The molecule has 0 aromatic rings. The van der Waals surface area contributed by atoms with E-state index in [1.54, 1.807) is 0 Å². The van der Waals surface area contributed by atoms with E-state index in [2.05, 4.69) is 46.3 Å². The summed E-state index contributed by atoms with van der Waals surface area (Å²) in [7, 11) is 4.13. The number of hydrogen-bond donors (Lipinski definition) is 1. The molecule has 1 fully saturated rings. The molecule has 0 heterocycles. The van der Waals surface area contributed by atoms with Crippen LogP contribution >= 0.6 is 0 Å². The van der Waals surface area contributed by atoms with Crippen LogP contribution in [0.15, 0.2) is 12.7 Å². The lowest BCUT2D eigenvalue weighted by Crippen LogP contribution is -2.56. The molecule has 1 saturated carbocycles. The Morgan fingerprint density at radius 2 is 2.00 bits per heavy atom. The number of allylic oxidation sites excluding steroid dienone is 1. The van der Waals surface area contributed by atoms with Gasteiger partial charge >= 0.3 is 0 Å². The zero-order valence-corrected chi connectivity index (χ0v) is 13.2. The summed E-state index contributed by atoms with van der Waals surface area (Å²) < 4.78 is 0. The van der Waals surface area contributed by atoms with E-state index in [4.69, 9.17) is 5.73 Å². The summed E-state index contributed by atoms with van der Waals surface area (Å²) in [6, 6.07) is 0. The van der Waals surface area contributed by atoms with Gasteiger partial charge in [-0.1, -0.05) is 26.8 Å². The van der Waals surface area contributed by atoms with Gasteiger partial charge in [0.15, 0.2) is 0 Å². The summed E-state index contributed by atoms with van der Waals surface area (Å²) in [6.07, 6.45) is 5.01. The maximum atomic E-state index is 12.3. The smallest absolute Gasteiger partial charge is 0.224 e. The Kier molecular flexibility index (Phi) is 4.83. The topological polar surface area (TPSA) is 46.3 Å². The highest BCUT2D eigenvalue weighted by Gasteiger charge is 2.54. The monoisotopic (exact) mass is 266 g/mol. The predicted octanol–water partition coefficient (Wildman–Crippen LogP) is 2.67. The Balaban J connectivity index is 3.21. The van der Waals surface area contributed by atoms with Crippen molar-refractivity contribution < 1.29 is 4.79 Å². The van der Waals surface area contributed by atoms with E-state index in [0.717, 1.165) is 25.8 Å². The maximum absolute atomic E-state index is 12.3. The fourth-order valence-electron chi connectivity index (χ4n) is 3.82. The number of amides is 1. The summed E-state index contributed by atoms with van der Waals surface area (Å²) in [5.74, 6) is 0.597. The van der Waals surface area contributed by atoms with Gasteiger partial charge in [0.05, 0.1) is 5.41 Å². The lowest BCUT2D eigenvalue weighted by Gasteiger charge is -2.52. The molecule has 3 unspecified atom stereocenters. The molecular weight excluding hydrogens is 236 g/mol. The zero-order chi connectivity index (χ0) is 14.8. The third-order valence-corrected chi connectivity index (χ3v) is 4.86. The summed E-state index contributed by atoms with van der Waals surface area (Å²) in [5.41, 5.74) is 5.32. The second-order valence-electron chi connectivity index (χ2n) is 7.32. The summed E-state index contributed by atoms with van der Waals surface area (Å²) in [5, 5.41) is 0. The molecule has 0 saturated heterocycles. The van der Waals surface area contributed by atoms with E-state index in [1.807, 2.05) is 6.08 Å². The Morgan fingerprint density at radius 1 is 1.42 bits per heavy atom. The molecule has 110 valence electrons. The summed E-state index contributed by atoms with van der Waals surface area (Å²) >= 11 is 0. The molecule has 0 aliphatic heterocycles. The molecule has 3 heteroatoms. The molecule has 1 rings (SSSR count). The third kappa shape index (κ3) is 3.02. The number of primary amides is 1. The van der Waals surface area contributed by atoms with Crippen molar-refractivity contribution >= 4 is 5.91 Å². The SMILES string of the molecule is C=CC1CCC(CN(C)C)C(C(N)=O)(C(C)(C)C)C1. The van der Waals surface area contributed by atoms with Crippen molar-refractivity contribution in [2.24, 2.45) is 28.4 Å². The van der Waals surface area contributed by atoms with E-state index in [-0.39, 0.29) is 11.3 Å². The first-order valence-electron chi connectivity index (χ1n) is 7.22. The van der Waals surface area contributed by atoms with Crippen LogP contribution in [0, 0.1) is 22.7 Å². The number of carbonyl (C=O) groups excluding carboxylic acids is 1. The average Bonchev–Trinajstić information content (AvgIpc) is 2.26. The maximum Gasteiger partial charge on any atom is 0.224 e. The van der Waals surface area contributed by atoms with Crippen molar-refractivity contribution in [1.29, 1.82) is 0 Å². The van der Waals surface area contributed by atoms with Crippen LogP contribution in [-0.4, -0.2) is 31.4 Å². The first-order valence-corrected chi connectivity index (χ1v) is 7.22. The van der Waals surface area contributed by atoms with Gasteiger partial charge in [0.2, 0.25) is 5.91 Å². The van der Waals surface area contributed by atoms with Crippen molar-refractivity contribution in [2.45, 2.75) is 40.0 Å². The molecule has 0 radical (unpaired) electrons. The van der Waals surface area contributed by atoms with Crippen LogP contribution in [0.25, 0.3) is 0 Å². The van der Waals surface area contributed by atoms with E-state index >= 15 is 0 Å². The van der Waals surface area contributed by atoms with E-state index in [1.165, 1.54) is 0 Å². The first kappa shape index (κ1) is 16.2. The van der Waals surface area contributed by atoms with Gasteiger partial charge in [-0.05, 0) is 50.6 Å². The van der Waals surface area contributed by atoms with E-state index in [0.29, 0.717) is 11.8 Å². The molecule has 1 amide bonds. The van der Waals surface area contributed by atoms with Crippen molar-refractivity contribution in [2.75, 3.05) is 20.6 Å². The molecule has 0 bridgehead atoms. The highest BCUT2D eigenvalue weighted by Crippen LogP contribution is 2.54. The van der Waals surface area contributed by atoms with Crippen LogP contribution in [0.4, 0.5) is 0 Å². The zero-order valence-electron chi connectivity index (χ0n) is 13.2. The van der Waals surface area contributed by atoms with Gasteiger partial charge in [-0.25, -0.2) is 0 Å². The second kappa shape index (κ2) is 5.66. The minimum absolute atomic E-state index is 0.124. The third-order valence-electron chi connectivity index (χ3n) is 4.86. The minimum Gasteiger partial charge on any atom is -0.369 e. The van der Waals surface area contributed by atoms with Crippen molar-refractivity contribution in [3.63, 3.8) is 0 Å². The van der Waals surface area contributed by atoms with Crippen LogP contribution in [0.3, 0.4) is 0 Å². The van der Waals surface area contributed by atoms with Gasteiger partial charge in [0.25, 0.3) is 0 Å². The minimum atomic E-state index is -0.436. The molecule has 0 spiro atoms. The van der Waals surface area contributed by atoms with Crippen LogP contribution in [-0.2, 0) is 4.79 Å². The fourth-order valence-corrected chi connectivity index (χ4v) is 3.82. The Bertz CT molecular complexity index is 343. The van der Waals surface area contributed by atoms with Gasteiger partial charge in [-0.2, -0.15) is 0 Å². The fraction of sp³-hybridized carbons (Fsp3) is 0.812.